The van der Waals surface area contributed by atoms with E-state index < -0.39 is 0 Å². The predicted octanol–water partition coefficient (Wildman–Crippen LogP) is 2.01. The standard InChI is InChI=1S/C21H28N6O/c1-4-22-21(24-14-16-9-8-12-23-20(16)26(2)3)25-17-13-19(28)27(15-17)18-10-6-5-7-11-18/h5-12,17H,4,13-15H2,1-3H3,(H2,22,24,25). The van der Waals surface area contributed by atoms with Crippen LogP contribution in [0.5, 0.6) is 0 Å². The van der Waals surface area contributed by atoms with Crippen LogP contribution in [0.1, 0.15) is 18.9 Å². The van der Waals surface area contributed by atoms with Crippen molar-refractivity contribution < 1.29 is 4.79 Å². The number of nitrogens with one attached hydrogen (secondary N) is 2. The first-order valence-electron chi connectivity index (χ1n) is 9.60. The molecule has 1 amide bonds. The topological polar surface area (TPSA) is 72.9 Å². The molecule has 0 radical (unpaired) electrons. The maximum absolute atomic E-state index is 12.4. The van der Waals surface area contributed by atoms with Gasteiger partial charge in [0.05, 0.1) is 12.6 Å². The summed E-state index contributed by atoms with van der Waals surface area (Å²) < 4.78 is 0. The Kier molecular flexibility index (Phi) is 6.47. The highest BCUT2D eigenvalue weighted by Crippen LogP contribution is 2.21. The van der Waals surface area contributed by atoms with Crippen molar-refractivity contribution in [3.8, 4) is 0 Å². The lowest BCUT2D eigenvalue weighted by molar-refractivity contribution is -0.117. The largest absolute Gasteiger partial charge is 0.362 e. The molecule has 3 rings (SSSR count). The summed E-state index contributed by atoms with van der Waals surface area (Å²) in [6.45, 7) is 3.92. The van der Waals surface area contributed by atoms with E-state index in [2.05, 4.69) is 15.6 Å². The minimum absolute atomic E-state index is 0.0210. The highest BCUT2D eigenvalue weighted by Gasteiger charge is 2.31. The van der Waals surface area contributed by atoms with Crippen LogP contribution in [0, 0.1) is 0 Å². The van der Waals surface area contributed by atoms with Crippen LogP contribution in [0.2, 0.25) is 0 Å². The Bertz CT molecular complexity index is 821. The van der Waals surface area contributed by atoms with Gasteiger partial charge in [-0.05, 0) is 25.1 Å². The Hall–Kier alpha value is -3.09. The van der Waals surface area contributed by atoms with Gasteiger partial charge in [-0.25, -0.2) is 9.98 Å². The Balaban J connectivity index is 1.68. The molecule has 28 heavy (non-hydrogen) atoms. The Morgan fingerprint density at radius 1 is 1.25 bits per heavy atom. The normalized spacial score (nSPS) is 17.0. The fourth-order valence-electron chi connectivity index (χ4n) is 3.30. The van der Waals surface area contributed by atoms with E-state index in [0.717, 1.165) is 23.6 Å². The van der Waals surface area contributed by atoms with Crippen LogP contribution in [0.4, 0.5) is 11.5 Å². The number of guanidine groups is 1. The first-order chi connectivity index (χ1) is 13.6. The molecule has 148 valence electrons. The van der Waals surface area contributed by atoms with Crippen LogP contribution < -0.4 is 20.4 Å². The van der Waals surface area contributed by atoms with Gasteiger partial charge in [0.15, 0.2) is 5.96 Å². The summed E-state index contributed by atoms with van der Waals surface area (Å²) in [6, 6.07) is 13.8. The molecule has 1 fully saturated rings. The van der Waals surface area contributed by atoms with E-state index in [1.54, 1.807) is 6.20 Å². The van der Waals surface area contributed by atoms with Crippen LogP contribution >= 0.6 is 0 Å². The van der Waals surface area contributed by atoms with Gasteiger partial charge in [0.1, 0.15) is 5.82 Å². The Morgan fingerprint density at radius 2 is 2.04 bits per heavy atom. The van der Waals surface area contributed by atoms with Gasteiger partial charge in [-0.3, -0.25) is 4.79 Å². The molecule has 1 aromatic carbocycles. The number of amides is 1. The predicted molar refractivity (Wildman–Crippen MR) is 114 cm³/mol. The van der Waals surface area contributed by atoms with Crippen molar-refractivity contribution in [3.63, 3.8) is 0 Å². The van der Waals surface area contributed by atoms with Gasteiger partial charge < -0.3 is 20.4 Å². The quantitative estimate of drug-likeness (QED) is 0.592. The number of rotatable bonds is 6. The number of aliphatic imine (C=N–C) groups is 1. The smallest absolute Gasteiger partial charge is 0.229 e. The number of aromatic nitrogens is 1. The second-order valence-corrected chi connectivity index (χ2v) is 6.96. The van der Waals surface area contributed by atoms with Gasteiger partial charge in [0, 0.05) is 51.1 Å². The van der Waals surface area contributed by atoms with Crippen LogP contribution in [-0.4, -0.2) is 50.1 Å². The van der Waals surface area contributed by atoms with E-state index in [4.69, 9.17) is 4.99 Å². The van der Waals surface area contributed by atoms with Crippen LogP contribution in [-0.2, 0) is 11.3 Å². The van der Waals surface area contributed by atoms with Gasteiger partial charge in [-0.1, -0.05) is 24.3 Å². The van der Waals surface area contributed by atoms with Crippen molar-refractivity contribution in [2.75, 3.05) is 37.0 Å². The summed E-state index contributed by atoms with van der Waals surface area (Å²) in [5, 5.41) is 6.68. The molecular weight excluding hydrogens is 352 g/mol. The zero-order valence-corrected chi connectivity index (χ0v) is 16.7. The van der Waals surface area contributed by atoms with Crippen molar-refractivity contribution in [3.05, 3.63) is 54.2 Å². The summed E-state index contributed by atoms with van der Waals surface area (Å²) in [5.74, 6) is 1.75. The molecule has 0 saturated carbocycles. The fourth-order valence-corrected chi connectivity index (χ4v) is 3.30. The van der Waals surface area contributed by atoms with Gasteiger partial charge >= 0.3 is 0 Å². The molecule has 1 atom stereocenters. The average molecular weight is 380 g/mol. The van der Waals surface area contributed by atoms with Crippen molar-refractivity contribution in [2.45, 2.75) is 25.9 Å². The Labute approximate surface area is 166 Å². The van der Waals surface area contributed by atoms with E-state index in [-0.39, 0.29) is 11.9 Å². The van der Waals surface area contributed by atoms with E-state index in [9.17, 15) is 4.79 Å². The van der Waals surface area contributed by atoms with E-state index in [0.29, 0.717) is 25.5 Å². The lowest BCUT2D eigenvalue weighted by Crippen LogP contribution is -2.44. The zero-order chi connectivity index (χ0) is 19.9. The third-order valence-electron chi connectivity index (χ3n) is 4.58. The van der Waals surface area contributed by atoms with E-state index >= 15 is 0 Å². The summed E-state index contributed by atoms with van der Waals surface area (Å²) in [4.78, 5) is 25.4. The summed E-state index contributed by atoms with van der Waals surface area (Å²) in [6.07, 6.45) is 2.24. The lowest BCUT2D eigenvalue weighted by atomic mass is 10.2. The molecule has 0 bridgehead atoms. The van der Waals surface area contributed by atoms with Crippen LogP contribution in [0.25, 0.3) is 0 Å². The minimum Gasteiger partial charge on any atom is -0.362 e. The number of carbonyl (C=O) groups excluding carboxylic acids is 1. The molecular formula is C21H28N6O. The van der Waals surface area contributed by atoms with E-state index in [1.807, 2.05) is 73.3 Å². The van der Waals surface area contributed by atoms with Gasteiger partial charge in [0.2, 0.25) is 5.91 Å². The molecule has 1 aliphatic rings. The molecule has 7 heteroatoms. The molecule has 2 N–H and O–H groups in total. The molecule has 0 aliphatic carbocycles. The number of benzene rings is 1. The molecule has 0 spiro atoms. The molecule has 1 saturated heterocycles. The Morgan fingerprint density at radius 3 is 2.75 bits per heavy atom. The third kappa shape index (κ3) is 4.79. The monoisotopic (exact) mass is 380 g/mol. The molecule has 1 unspecified atom stereocenters. The van der Waals surface area contributed by atoms with Crippen molar-refractivity contribution in [2.24, 2.45) is 4.99 Å². The van der Waals surface area contributed by atoms with Gasteiger partial charge in [-0.2, -0.15) is 0 Å². The summed E-state index contributed by atoms with van der Waals surface area (Å²) >= 11 is 0. The average Bonchev–Trinajstić information content (AvgIpc) is 3.07. The number of carbonyl (C=O) groups is 1. The first kappa shape index (κ1) is 19.7. The highest BCUT2D eigenvalue weighted by atomic mass is 16.2. The highest BCUT2D eigenvalue weighted by molar-refractivity contribution is 5.97. The maximum Gasteiger partial charge on any atom is 0.229 e. The van der Waals surface area contributed by atoms with Crippen LogP contribution in [0.15, 0.2) is 53.7 Å². The third-order valence-corrected chi connectivity index (χ3v) is 4.58. The number of hydrogen-bond donors (Lipinski definition) is 2. The van der Waals surface area contributed by atoms with E-state index in [1.165, 1.54) is 0 Å². The number of para-hydroxylation sites is 1. The fraction of sp³-hybridized carbons (Fsp3) is 0.381. The van der Waals surface area contributed by atoms with Gasteiger partial charge in [0.25, 0.3) is 0 Å². The lowest BCUT2D eigenvalue weighted by Gasteiger charge is -2.19. The molecule has 2 aromatic rings. The molecule has 1 aliphatic heterocycles. The second kappa shape index (κ2) is 9.21. The summed E-state index contributed by atoms with van der Waals surface area (Å²) in [7, 11) is 3.95. The summed E-state index contributed by atoms with van der Waals surface area (Å²) in [5.41, 5.74) is 1.99. The molecule has 2 heterocycles. The second-order valence-electron chi connectivity index (χ2n) is 6.96. The number of hydrogen-bond acceptors (Lipinski definition) is 4. The van der Waals surface area contributed by atoms with Gasteiger partial charge in [-0.15, -0.1) is 0 Å². The molecule has 1 aromatic heterocycles. The number of nitrogens with zero attached hydrogens (tertiary/aromatic N) is 4. The minimum atomic E-state index is 0.0210. The number of anilines is 2. The van der Waals surface area contributed by atoms with Crippen molar-refractivity contribution in [1.82, 2.24) is 15.6 Å². The number of pyridine rings is 1. The SMILES string of the molecule is CCNC(=NCc1cccnc1N(C)C)NC1CC(=O)N(c2ccccc2)C1. The zero-order valence-electron chi connectivity index (χ0n) is 16.7. The van der Waals surface area contributed by atoms with Crippen LogP contribution in [0.3, 0.4) is 0 Å². The molecule has 7 nitrogen and oxygen atoms in total. The van der Waals surface area contributed by atoms with Crippen molar-refractivity contribution in [1.29, 1.82) is 0 Å². The van der Waals surface area contributed by atoms with Crippen molar-refractivity contribution >= 4 is 23.4 Å². The maximum atomic E-state index is 12.4. The first-order valence-corrected chi connectivity index (χ1v) is 9.60.